The Balaban J connectivity index is 1.72. The number of nitrogens with zero attached hydrogens (tertiary/aromatic N) is 2. The van der Waals surface area contributed by atoms with E-state index in [4.69, 9.17) is 9.26 Å². The van der Waals surface area contributed by atoms with Gasteiger partial charge in [0.15, 0.2) is 0 Å². The number of carbonyl (C=O) groups excluding carboxylic acids is 1. The van der Waals surface area contributed by atoms with Gasteiger partial charge in [0, 0.05) is 23.6 Å². The number of amides is 1. The van der Waals surface area contributed by atoms with E-state index in [1.54, 1.807) is 36.6 Å². The lowest BCUT2D eigenvalue weighted by Crippen LogP contribution is -2.07. The highest BCUT2D eigenvalue weighted by Crippen LogP contribution is 2.28. The minimum Gasteiger partial charge on any atom is -0.495 e. The van der Waals surface area contributed by atoms with E-state index in [0.29, 0.717) is 29.7 Å². The van der Waals surface area contributed by atoms with Crippen LogP contribution in [0.15, 0.2) is 39.5 Å². The van der Waals surface area contributed by atoms with Crippen molar-refractivity contribution in [1.29, 1.82) is 0 Å². The summed E-state index contributed by atoms with van der Waals surface area (Å²) in [5.41, 5.74) is 2.33. The molecule has 124 valence electrons. The van der Waals surface area contributed by atoms with Crippen molar-refractivity contribution in [2.75, 3.05) is 17.7 Å². The molecule has 3 rings (SSSR count). The largest absolute Gasteiger partial charge is 0.495 e. The molecule has 0 saturated heterocycles. The van der Waals surface area contributed by atoms with E-state index in [2.05, 4.69) is 20.8 Å². The fraction of sp³-hybridized carbons (Fsp3) is 0.188. The van der Waals surface area contributed by atoms with Gasteiger partial charge >= 0.3 is 0 Å². The van der Waals surface area contributed by atoms with Gasteiger partial charge < -0.3 is 19.9 Å². The molecule has 0 unspecified atom stereocenters. The Labute approximate surface area is 142 Å². The predicted octanol–water partition coefficient (Wildman–Crippen LogP) is 3.38. The van der Waals surface area contributed by atoms with Gasteiger partial charge in [0.2, 0.25) is 17.6 Å². The fourth-order valence-corrected chi connectivity index (χ4v) is 2.77. The lowest BCUT2D eigenvalue weighted by atomic mass is 10.2. The van der Waals surface area contributed by atoms with E-state index < -0.39 is 0 Å². The van der Waals surface area contributed by atoms with E-state index >= 15 is 0 Å². The van der Waals surface area contributed by atoms with E-state index in [9.17, 15) is 4.79 Å². The molecule has 0 radical (unpaired) electrons. The third-order valence-electron chi connectivity index (χ3n) is 3.20. The molecule has 2 aromatic heterocycles. The minimum atomic E-state index is -0.136. The Bertz CT molecular complexity index is 830. The number of hydrogen-bond donors (Lipinski definition) is 2. The Morgan fingerprint density at radius 2 is 2.25 bits per heavy atom. The van der Waals surface area contributed by atoms with Crippen LogP contribution >= 0.6 is 11.3 Å². The second-order valence-electron chi connectivity index (χ2n) is 4.97. The molecule has 7 nitrogen and oxygen atoms in total. The molecule has 0 aliphatic heterocycles. The summed E-state index contributed by atoms with van der Waals surface area (Å²) in [4.78, 5) is 15.5. The summed E-state index contributed by atoms with van der Waals surface area (Å²) >= 11 is 1.58. The smallest absolute Gasteiger partial charge is 0.246 e. The maximum Gasteiger partial charge on any atom is 0.246 e. The number of hydrogen-bond acceptors (Lipinski definition) is 7. The van der Waals surface area contributed by atoms with E-state index in [-0.39, 0.29) is 5.91 Å². The molecule has 0 fully saturated rings. The van der Waals surface area contributed by atoms with Crippen molar-refractivity contribution in [2.45, 2.75) is 13.5 Å². The van der Waals surface area contributed by atoms with Gasteiger partial charge in [-0.2, -0.15) is 16.3 Å². The molecule has 8 heteroatoms. The van der Waals surface area contributed by atoms with Crippen molar-refractivity contribution in [1.82, 2.24) is 10.1 Å². The van der Waals surface area contributed by atoms with Crippen LogP contribution in [-0.2, 0) is 11.3 Å². The molecule has 1 aromatic carbocycles. The zero-order valence-electron chi connectivity index (χ0n) is 13.2. The summed E-state index contributed by atoms with van der Waals surface area (Å²) in [6.45, 7) is 1.80. The van der Waals surface area contributed by atoms with Crippen LogP contribution in [0.2, 0.25) is 0 Å². The highest BCUT2D eigenvalue weighted by atomic mass is 32.1. The second kappa shape index (κ2) is 7.14. The number of thiophene rings is 1. The van der Waals surface area contributed by atoms with Gasteiger partial charge in [-0.3, -0.25) is 4.79 Å². The summed E-state index contributed by atoms with van der Waals surface area (Å²) in [6, 6.07) is 7.27. The van der Waals surface area contributed by atoms with Gasteiger partial charge in [-0.15, -0.1) is 0 Å². The molecule has 0 saturated carbocycles. The molecule has 0 bridgehead atoms. The zero-order valence-corrected chi connectivity index (χ0v) is 14.0. The Morgan fingerprint density at radius 1 is 1.38 bits per heavy atom. The predicted molar refractivity (Wildman–Crippen MR) is 92.2 cm³/mol. The first-order chi connectivity index (χ1) is 11.7. The van der Waals surface area contributed by atoms with Crippen molar-refractivity contribution in [3.63, 3.8) is 0 Å². The van der Waals surface area contributed by atoms with Crippen LogP contribution in [0, 0.1) is 0 Å². The second-order valence-corrected chi connectivity index (χ2v) is 5.75. The maximum absolute atomic E-state index is 11.2. The summed E-state index contributed by atoms with van der Waals surface area (Å²) < 4.78 is 10.6. The van der Waals surface area contributed by atoms with Crippen molar-refractivity contribution in [3.8, 4) is 17.1 Å². The summed E-state index contributed by atoms with van der Waals surface area (Å²) in [7, 11) is 1.58. The van der Waals surface area contributed by atoms with Gasteiger partial charge in [0.25, 0.3) is 0 Å². The molecule has 0 aliphatic rings. The monoisotopic (exact) mass is 344 g/mol. The number of aromatic nitrogens is 2. The Kier molecular flexibility index (Phi) is 4.76. The molecular formula is C16H16N4O3S. The van der Waals surface area contributed by atoms with Crippen molar-refractivity contribution in [3.05, 3.63) is 40.9 Å². The first kappa shape index (κ1) is 16.0. The van der Waals surface area contributed by atoms with Crippen LogP contribution in [-0.4, -0.2) is 23.2 Å². The lowest BCUT2D eigenvalue weighted by Gasteiger charge is -2.12. The number of anilines is 2. The maximum atomic E-state index is 11.2. The average molecular weight is 344 g/mol. The topological polar surface area (TPSA) is 89.3 Å². The Morgan fingerprint density at radius 3 is 2.96 bits per heavy atom. The highest BCUT2D eigenvalue weighted by Gasteiger charge is 2.10. The first-order valence-corrected chi connectivity index (χ1v) is 8.14. The van der Waals surface area contributed by atoms with Gasteiger partial charge in [-0.05, 0) is 29.6 Å². The van der Waals surface area contributed by atoms with Crippen molar-refractivity contribution >= 4 is 28.6 Å². The van der Waals surface area contributed by atoms with Gasteiger partial charge in [0.1, 0.15) is 5.75 Å². The summed E-state index contributed by atoms with van der Waals surface area (Å²) in [5, 5.41) is 13.8. The average Bonchev–Trinajstić information content (AvgIpc) is 3.23. The standard InChI is InChI=1S/C16H16N4O3S/c1-10(21)18-12-3-4-14(22-2)13(7-12)17-8-15-19-16(20-23-15)11-5-6-24-9-11/h3-7,9,17H,8H2,1-2H3,(H,18,21). The number of carbonyl (C=O) groups is 1. The molecule has 1 amide bonds. The van der Waals surface area contributed by atoms with Crippen LogP contribution in [0.1, 0.15) is 12.8 Å². The van der Waals surface area contributed by atoms with Gasteiger partial charge in [-0.1, -0.05) is 5.16 Å². The van der Waals surface area contributed by atoms with Gasteiger partial charge in [-0.25, -0.2) is 0 Å². The molecule has 3 aromatic rings. The highest BCUT2D eigenvalue weighted by molar-refractivity contribution is 7.08. The molecule has 0 spiro atoms. The van der Waals surface area contributed by atoms with Crippen LogP contribution in [0.3, 0.4) is 0 Å². The first-order valence-electron chi connectivity index (χ1n) is 7.20. The number of benzene rings is 1. The molecule has 2 heterocycles. The van der Waals surface area contributed by atoms with E-state index in [1.165, 1.54) is 6.92 Å². The summed E-state index contributed by atoms with van der Waals surface area (Å²) in [6.07, 6.45) is 0. The lowest BCUT2D eigenvalue weighted by molar-refractivity contribution is -0.114. The minimum absolute atomic E-state index is 0.136. The van der Waals surface area contributed by atoms with Crippen molar-refractivity contribution in [2.24, 2.45) is 0 Å². The van der Waals surface area contributed by atoms with Crippen LogP contribution in [0.4, 0.5) is 11.4 Å². The van der Waals surface area contributed by atoms with E-state index in [1.807, 2.05) is 16.8 Å². The normalized spacial score (nSPS) is 10.4. The van der Waals surface area contributed by atoms with Crippen molar-refractivity contribution < 1.29 is 14.1 Å². The molecule has 24 heavy (non-hydrogen) atoms. The number of rotatable bonds is 6. The third-order valence-corrected chi connectivity index (χ3v) is 3.88. The fourth-order valence-electron chi connectivity index (χ4n) is 2.13. The molecule has 2 N–H and O–H groups in total. The van der Waals surface area contributed by atoms with Crippen LogP contribution in [0.25, 0.3) is 11.4 Å². The SMILES string of the molecule is COc1ccc(NC(C)=O)cc1NCc1nc(-c2ccsc2)no1. The third kappa shape index (κ3) is 3.72. The number of nitrogens with one attached hydrogen (secondary N) is 2. The molecule has 0 aliphatic carbocycles. The molecular weight excluding hydrogens is 328 g/mol. The van der Waals surface area contributed by atoms with Crippen LogP contribution in [0.5, 0.6) is 5.75 Å². The summed E-state index contributed by atoms with van der Waals surface area (Å²) in [5.74, 6) is 1.54. The number of ether oxygens (including phenoxy) is 1. The quantitative estimate of drug-likeness (QED) is 0.712. The van der Waals surface area contributed by atoms with E-state index in [0.717, 1.165) is 11.3 Å². The number of methoxy groups -OCH3 is 1. The zero-order chi connectivity index (χ0) is 16.9. The van der Waals surface area contributed by atoms with Crippen LogP contribution < -0.4 is 15.4 Å². The van der Waals surface area contributed by atoms with Gasteiger partial charge in [0.05, 0.1) is 19.3 Å². The Hall–Kier alpha value is -2.87. The molecule has 0 atom stereocenters.